The minimum absolute atomic E-state index is 0.0127. The molecule has 0 radical (unpaired) electrons. The predicted molar refractivity (Wildman–Crippen MR) is 96.8 cm³/mol. The largest absolute Gasteiger partial charge is 0.381 e. The van der Waals surface area contributed by atoms with E-state index in [1.807, 2.05) is 0 Å². The van der Waals surface area contributed by atoms with Crippen LogP contribution in [0.2, 0.25) is 0 Å². The van der Waals surface area contributed by atoms with E-state index < -0.39 is 5.82 Å². The second kappa shape index (κ2) is 7.09. The van der Waals surface area contributed by atoms with Crippen LogP contribution in [0.15, 0.2) is 24.4 Å². The molecule has 2 aromatic heterocycles. The van der Waals surface area contributed by atoms with Gasteiger partial charge in [-0.3, -0.25) is 0 Å². The minimum atomic E-state index is -0.831. The molecular formula is C17H14FN9. The molecular weight excluding hydrogens is 349 g/mol. The summed E-state index contributed by atoms with van der Waals surface area (Å²) in [5.74, 6) is -1.01. The SMILES string of the molecule is Cc1c(C#N)cccc1-c1nc(N)c(F)c(-c2cn(CC(=N)C=N)nn2)n1. The molecule has 0 aliphatic rings. The Morgan fingerprint density at radius 2 is 2.19 bits per heavy atom. The summed E-state index contributed by atoms with van der Waals surface area (Å²) in [6, 6.07) is 7.14. The van der Waals surface area contributed by atoms with E-state index in [4.69, 9.17) is 16.6 Å². The van der Waals surface area contributed by atoms with Crippen LogP contribution in [0.25, 0.3) is 22.8 Å². The summed E-state index contributed by atoms with van der Waals surface area (Å²) in [4.78, 5) is 8.23. The predicted octanol–water partition coefficient (Wildman–Crippen LogP) is 1.97. The Morgan fingerprint density at radius 1 is 1.41 bits per heavy atom. The highest BCUT2D eigenvalue weighted by Gasteiger charge is 2.19. The van der Waals surface area contributed by atoms with Crippen LogP contribution in [-0.2, 0) is 6.54 Å². The lowest BCUT2D eigenvalue weighted by molar-refractivity contribution is 0.623. The van der Waals surface area contributed by atoms with E-state index >= 15 is 0 Å². The number of hydrogen-bond donors (Lipinski definition) is 3. The Kier molecular flexibility index (Phi) is 4.68. The molecule has 0 aliphatic carbocycles. The number of hydrogen-bond acceptors (Lipinski definition) is 8. The van der Waals surface area contributed by atoms with Crippen molar-refractivity contribution in [1.29, 1.82) is 16.1 Å². The molecule has 27 heavy (non-hydrogen) atoms. The van der Waals surface area contributed by atoms with E-state index in [1.54, 1.807) is 25.1 Å². The lowest BCUT2D eigenvalue weighted by atomic mass is 10.0. The van der Waals surface area contributed by atoms with Crippen molar-refractivity contribution in [2.24, 2.45) is 0 Å². The average molecular weight is 363 g/mol. The third kappa shape index (κ3) is 3.38. The summed E-state index contributed by atoms with van der Waals surface area (Å²) in [5, 5.41) is 31.4. The van der Waals surface area contributed by atoms with E-state index in [0.717, 1.165) is 6.21 Å². The van der Waals surface area contributed by atoms with Gasteiger partial charge in [-0.15, -0.1) is 5.10 Å². The van der Waals surface area contributed by atoms with Crippen molar-refractivity contribution in [3.63, 3.8) is 0 Å². The number of halogens is 1. The normalized spacial score (nSPS) is 10.4. The fourth-order valence-corrected chi connectivity index (χ4v) is 2.46. The topological polar surface area (TPSA) is 154 Å². The second-order valence-corrected chi connectivity index (χ2v) is 5.66. The van der Waals surface area contributed by atoms with Crippen molar-refractivity contribution in [2.75, 3.05) is 5.73 Å². The fourth-order valence-electron chi connectivity index (χ4n) is 2.46. The number of nitrogen functional groups attached to an aromatic ring is 1. The van der Waals surface area contributed by atoms with Crippen LogP contribution in [0.4, 0.5) is 10.2 Å². The number of nitrogens with one attached hydrogen (secondary N) is 2. The molecule has 10 heteroatoms. The van der Waals surface area contributed by atoms with Crippen LogP contribution in [0.5, 0.6) is 0 Å². The Hall–Kier alpha value is -4.00. The van der Waals surface area contributed by atoms with Crippen LogP contribution in [0.3, 0.4) is 0 Å². The number of nitrogens with two attached hydrogens (primary N) is 1. The second-order valence-electron chi connectivity index (χ2n) is 5.66. The molecule has 0 atom stereocenters. The Morgan fingerprint density at radius 3 is 2.89 bits per heavy atom. The maximum atomic E-state index is 14.5. The van der Waals surface area contributed by atoms with Gasteiger partial charge in [0.2, 0.25) is 0 Å². The number of benzene rings is 1. The molecule has 0 saturated heterocycles. The number of anilines is 1. The summed E-state index contributed by atoms with van der Waals surface area (Å²) in [7, 11) is 0. The van der Waals surface area contributed by atoms with Gasteiger partial charge in [-0.25, -0.2) is 19.0 Å². The zero-order chi connectivity index (χ0) is 19.6. The molecule has 134 valence electrons. The van der Waals surface area contributed by atoms with Gasteiger partial charge in [0.15, 0.2) is 17.5 Å². The van der Waals surface area contributed by atoms with Crippen molar-refractivity contribution < 1.29 is 4.39 Å². The number of aromatic nitrogens is 5. The molecule has 2 heterocycles. The first kappa shape index (κ1) is 17.8. The standard InChI is InChI=1S/C17H14FN9/c1-9-10(5-19)3-2-4-12(9)17-23-15(14(18)16(22)24-17)13-8-27(26-25-13)7-11(21)6-20/h2-4,6,8,20-21H,7H2,1H3,(H2,22,23,24). The Bertz CT molecular complexity index is 1090. The Labute approximate surface area is 153 Å². The van der Waals surface area contributed by atoms with Crippen LogP contribution in [-0.4, -0.2) is 36.9 Å². The lowest BCUT2D eigenvalue weighted by Gasteiger charge is -2.09. The molecule has 9 nitrogen and oxygen atoms in total. The van der Waals surface area contributed by atoms with Crippen LogP contribution in [0, 0.1) is 34.9 Å². The fraction of sp³-hybridized carbons (Fsp3) is 0.118. The molecule has 0 amide bonds. The summed E-state index contributed by atoms with van der Waals surface area (Å²) in [5.41, 5.74) is 7.38. The molecule has 0 spiro atoms. The molecule has 0 saturated carbocycles. The molecule has 1 aromatic carbocycles. The third-order valence-electron chi connectivity index (χ3n) is 3.86. The van der Waals surface area contributed by atoms with Crippen molar-refractivity contribution >= 4 is 17.7 Å². The first-order valence-corrected chi connectivity index (χ1v) is 7.76. The van der Waals surface area contributed by atoms with Gasteiger partial charge in [-0.1, -0.05) is 17.3 Å². The van der Waals surface area contributed by atoms with Gasteiger partial charge in [-0.05, 0) is 18.6 Å². The number of nitriles is 1. The van der Waals surface area contributed by atoms with Gasteiger partial charge in [0.25, 0.3) is 0 Å². The quantitative estimate of drug-likeness (QED) is 0.589. The molecule has 0 unspecified atom stereocenters. The summed E-state index contributed by atoms with van der Waals surface area (Å²) in [6.45, 7) is 1.77. The van der Waals surface area contributed by atoms with E-state index in [-0.39, 0.29) is 35.3 Å². The van der Waals surface area contributed by atoms with Gasteiger partial charge in [0.1, 0.15) is 11.4 Å². The molecule has 0 fully saturated rings. The van der Waals surface area contributed by atoms with Crippen LogP contribution < -0.4 is 5.73 Å². The van der Waals surface area contributed by atoms with Crippen LogP contribution >= 0.6 is 0 Å². The third-order valence-corrected chi connectivity index (χ3v) is 3.86. The summed E-state index contributed by atoms with van der Waals surface area (Å²) >= 11 is 0. The van der Waals surface area contributed by atoms with Gasteiger partial charge in [0, 0.05) is 11.8 Å². The van der Waals surface area contributed by atoms with Crippen molar-refractivity contribution in [3.05, 3.63) is 41.3 Å². The highest BCUT2D eigenvalue weighted by atomic mass is 19.1. The summed E-state index contributed by atoms with van der Waals surface area (Å²) in [6.07, 6.45) is 2.29. The maximum Gasteiger partial charge on any atom is 0.193 e. The minimum Gasteiger partial charge on any atom is -0.381 e. The maximum absolute atomic E-state index is 14.5. The molecule has 3 aromatic rings. The van der Waals surface area contributed by atoms with E-state index in [2.05, 4.69) is 26.3 Å². The van der Waals surface area contributed by atoms with Gasteiger partial charge in [0.05, 0.1) is 30.1 Å². The first-order chi connectivity index (χ1) is 12.9. The van der Waals surface area contributed by atoms with Crippen molar-refractivity contribution in [1.82, 2.24) is 25.0 Å². The first-order valence-electron chi connectivity index (χ1n) is 7.76. The van der Waals surface area contributed by atoms with Crippen molar-refractivity contribution in [2.45, 2.75) is 13.5 Å². The van der Waals surface area contributed by atoms with Crippen LogP contribution in [0.1, 0.15) is 11.1 Å². The summed E-state index contributed by atoms with van der Waals surface area (Å²) < 4.78 is 15.8. The molecule has 0 bridgehead atoms. The van der Waals surface area contributed by atoms with Gasteiger partial charge >= 0.3 is 0 Å². The zero-order valence-corrected chi connectivity index (χ0v) is 14.2. The number of nitrogens with zero attached hydrogens (tertiary/aromatic N) is 6. The lowest BCUT2D eigenvalue weighted by Crippen LogP contribution is -2.10. The molecule has 4 N–H and O–H groups in total. The average Bonchev–Trinajstić information content (AvgIpc) is 3.12. The zero-order valence-electron chi connectivity index (χ0n) is 14.2. The van der Waals surface area contributed by atoms with E-state index in [1.165, 1.54) is 10.9 Å². The smallest absolute Gasteiger partial charge is 0.193 e. The molecule has 0 aliphatic heterocycles. The molecule has 3 rings (SSSR count). The van der Waals surface area contributed by atoms with Crippen molar-refractivity contribution in [3.8, 4) is 28.8 Å². The van der Waals surface area contributed by atoms with E-state index in [0.29, 0.717) is 16.7 Å². The Balaban J connectivity index is 2.10. The highest BCUT2D eigenvalue weighted by Crippen LogP contribution is 2.28. The number of rotatable bonds is 5. The monoisotopic (exact) mass is 363 g/mol. The van der Waals surface area contributed by atoms with E-state index in [9.17, 15) is 9.65 Å². The van der Waals surface area contributed by atoms with Gasteiger partial charge < -0.3 is 16.6 Å². The van der Waals surface area contributed by atoms with Gasteiger partial charge in [-0.2, -0.15) is 5.26 Å². The highest BCUT2D eigenvalue weighted by molar-refractivity contribution is 6.27.